The Morgan fingerprint density at radius 1 is 1.28 bits per heavy atom. The predicted molar refractivity (Wildman–Crippen MR) is 105 cm³/mol. The molecule has 2 aromatic heterocycles. The second-order valence-electron chi connectivity index (χ2n) is 6.59. The minimum absolute atomic E-state index is 0.138. The summed E-state index contributed by atoms with van der Waals surface area (Å²) in [6, 6.07) is 4.76. The number of amides is 1. The van der Waals surface area contributed by atoms with Gasteiger partial charge in [-0.2, -0.15) is 10.2 Å². The van der Waals surface area contributed by atoms with Crippen molar-refractivity contribution in [1.29, 1.82) is 0 Å². The van der Waals surface area contributed by atoms with E-state index >= 15 is 0 Å². The number of aromatic carboxylic acids is 1. The maximum atomic E-state index is 13.2. The molecule has 0 spiro atoms. The van der Waals surface area contributed by atoms with Crippen molar-refractivity contribution >= 4 is 29.2 Å². The largest absolute Gasteiger partial charge is 0.476 e. The maximum Gasteiger partial charge on any atom is 0.356 e. The van der Waals surface area contributed by atoms with Gasteiger partial charge >= 0.3 is 5.97 Å². The highest BCUT2D eigenvalue weighted by Gasteiger charge is 2.21. The van der Waals surface area contributed by atoms with Crippen LogP contribution in [0, 0.1) is 19.7 Å². The van der Waals surface area contributed by atoms with E-state index in [0.717, 1.165) is 0 Å². The van der Waals surface area contributed by atoms with Gasteiger partial charge in [0, 0.05) is 11.2 Å². The van der Waals surface area contributed by atoms with E-state index in [1.54, 1.807) is 31.5 Å². The van der Waals surface area contributed by atoms with Crippen LogP contribution in [0.3, 0.4) is 0 Å². The van der Waals surface area contributed by atoms with Crippen LogP contribution < -0.4 is 5.32 Å². The molecule has 1 amide bonds. The van der Waals surface area contributed by atoms with Crippen molar-refractivity contribution in [2.45, 2.75) is 33.4 Å². The van der Waals surface area contributed by atoms with Gasteiger partial charge in [-0.1, -0.05) is 17.7 Å². The molecule has 0 fully saturated rings. The molecule has 0 aliphatic carbocycles. The van der Waals surface area contributed by atoms with Gasteiger partial charge in [0.2, 0.25) is 5.91 Å². The molecule has 0 bridgehead atoms. The standard InChI is InChI=1S/C19H19ClFN5O3/c1-10-17(22-18(27)12(3)25-7-6-16(24-25)19(28)29)11(2)26(23-10)9-13-4-5-14(21)8-15(13)20/h4-8,12H,9H2,1-3H3,(H,22,27)(H,28,29). The van der Waals surface area contributed by atoms with E-state index < -0.39 is 17.8 Å². The smallest absolute Gasteiger partial charge is 0.356 e. The average Bonchev–Trinajstić information content (AvgIpc) is 3.25. The molecule has 0 aliphatic rings. The van der Waals surface area contributed by atoms with Crippen LogP contribution in [0.1, 0.15) is 40.4 Å². The number of hydrogen-bond acceptors (Lipinski definition) is 4. The molecule has 1 atom stereocenters. The number of benzene rings is 1. The Labute approximate surface area is 170 Å². The molecule has 2 N–H and O–H groups in total. The minimum atomic E-state index is -1.16. The predicted octanol–water partition coefficient (Wildman–Crippen LogP) is 3.44. The van der Waals surface area contributed by atoms with Crippen molar-refractivity contribution in [3.8, 4) is 0 Å². The van der Waals surface area contributed by atoms with E-state index in [4.69, 9.17) is 16.7 Å². The van der Waals surface area contributed by atoms with Crippen molar-refractivity contribution < 1.29 is 19.1 Å². The molecule has 29 heavy (non-hydrogen) atoms. The van der Waals surface area contributed by atoms with Crippen molar-refractivity contribution in [2.75, 3.05) is 5.32 Å². The topological polar surface area (TPSA) is 102 Å². The lowest BCUT2D eigenvalue weighted by molar-refractivity contribution is -0.119. The fraction of sp³-hybridized carbons (Fsp3) is 0.263. The van der Waals surface area contributed by atoms with E-state index in [-0.39, 0.29) is 11.6 Å². The Balaban J connectivity index is 1.78. The first-order chi connectivity index (χ1) is 13.7. The molecule has 1 unspecified atom stereocenters. The first kappa shape index (κ1) is 20.5. The summed E-state index contributed by atoms with van der Waals surface area (Å²) in [6.45, 7) is 5.49. The quantitative estimate of drug-likeness (QED) is 0.637. The molecule has 8 nitrogen and oxygen atoms in total. The van der Waals surface area contributed by atoms with E-state index in [1.807, 2.05) is 0 Å². The number of aryl methyl sites for hydroxylation is 1. The Morgan fingerprint density at radius 3 is 2.62 bits per heavy atom. The van der Waals surface area contributed by atoms with Gasteiger partial charge in [-0.25, -0.2) is 9.18 Å². The van der Waals surface area contributed by atoms with Gasteiger partial charge in [-0.3, -0.25) is 14.2 Å². The minimum Gasteiger partial charge on any atom is -0.476 e. The summed E-state index contributed by atoms with van der Waals surface area (Å²) in [5.74, 6) is -1.95. The molecule has 0 aliphatic heterocycles. The molecule has 3 rings (SSSR count). The molecule has 10 heteroatoms. The van der Waals surface area contributed by atoms with E-state index in [9.17, 15) is 14.0 Å². The Morgan fingerprint density at radius 2 is 2.00 bits per heavy atom. The van der Waals surface area contributed by atoms with Crippen LogP contribution >= 0.6 is 11.6 Å². The normalized spacial score (nSPS) is 12.0. The molecule has 2 heterocycles. The zero-order valence-corrected chi connectivity index (χ0v) is 16.7. The molecular weight excluding hydrogens is 401 g/mol. The van der Waals surface area contributed by atoms with Crippen molar-refractivity contribution in [1.82, 2.24) is 19.6 Å². The fourth-order valence-corrected chi connectivity index (χ4v) is 3.09. The highest BCUT2D eigenvalue weighted by molar-refractivity contribution is 6.31. The maximum absolute atomic E-state index is 13.2. The Kier molecular flexibility index (Phi) is 5.69. The number of nitrogens with one attached hydrogen (secondary N) is 1. The zero-order chi connectivity index (χ0) is 21.3. The number of carbonyl (C=O) groups is 2. The summed E-state index contributed by atoms with van der Waals surface area (Å²) < 4.78 is 16.2. The molecule has 0 saturated heterocycles. The lowest BCUT2D eigenvalue weighted by atomic mass is 10.2. The lowest BCUT2D eigenvalue weighted by Gasteiger charge is -2.13. The Hall–Kier alpha value is -3.20. The summed E-state index contributed by atoms with van der Waals surface area (Å²) in [6.07, 6.45) is 1.44. The lowest BCUT2D eigenvalue weighted by Crippen LogP contribution is -2.25. The van der Waals surface area contributed by atoms with Crippen molar-refractivity contribution in [3.63, 3.8) is 0 Å². The number of anilines is 1. The monoisotopic (exact) mass is 419 g/mol. The number of carboxylic acid groups (broad SMARTS) is 1. The summed E-state index contributed by atoms with van der Waals surface area (Å²) in [5.41, 5.74) is 2.41. The SMILES string of the molecule is Cc1nn(Cc2ccc(F)cc2Cl)c(C)c1NC(=O)C(C)n1ccc(C(=O)O)n1. The molecule has 152 valence electrons. The number of nitrogens with zero attached hydrogens (tertiary/aromatic N) is 4. The molecule has 0 saturated carbocycles. The summed E-state index contributed by atoms with van der Waals surface area (Å²) in [5, 5.41) is 20.4. The third-order valence-electron chi connectivity index (χ3n) is 4.57. The first-order valence-corrected chi connectivity index (χ1v) is 9.12. The van der Waals surface area contributed by atoms with E-state index in [2.05, 4.69) is 15.5 Å². The number of halogens is 2. The van der Waals surface area contributed by atoms with Crippen molar-refractivity contribution in [3.05, 3.63) is 63.9 Å². The second-order valence-corrected chi connectivity index (χ2v) is 7.00. The molecule has 1 aromatic carbocycles. The van der Waals surface area contributed by atoms with E-state index in [0.29, 0.717) is 34.2 Å². The molecular formula is C19H19ClFN5O3. The van der Waals surface area contributed by atoms with Crippen LogP contribution in [-0.2, 0) is 11.3 Å². The highest BCUT2D eigenvalue weighted by Crippen LogP contribution is 2.24. The number of aromatic nitrogens is 4. The number of hydrogen-bond donors (Lipinski definition) is 2. The summed E-state index contributed by atoms with van der Waals surface area (Å²) in [7, 11) is 0. The molecule has 0 radical (unpaired) electrons. The van der Waals surface area contributed by atoms with Gasteiger partial charge in [0.25, 0.3) is 0 Å². The van der Waals surface area contributed by atoms with Gasteiger partial charge < -0.3 is 10.4 Å². The summed E-state index contributed by atoms with van der Waals surface area (Å²) >= 11 is 6.09. The van der Waals surface area contributed by atoms with Crippen LogP contribution in [0.25, 0.3) is 0 Å². The second kappa shape index (κ2) is 8.04. The third-order valence-corrected chi connectivity index (χ3v) is 4.92. The van der Waals surface area contributed by atoms with Gasteiger partial charge in [0.15, 0.2) is 5.69 Å². The van der Waals surface area contributed by atoms with Gasteiger partial charge in [-0.05, 0) is 44.5 Å². The van der Waals surface area contributed by atoms with Crippen LogP contribution in [0.5, 0.6) is 0 Å². The summed E-state index contributed by atoms with van der Waals surface area (Å²) in [4.78, 5) is 23.6. The Bertz CT molecular complexity index is 1090. The highest BCUT2D eigenvalue weighted by atomic mass is 35.5. The number of carbonyl (C=O) groups excluding carboxylic acids is 1. The van der Waals surface area contributed by atoms with Gasteiger partial charge in [-0.15, -0.1) is 0 Å². The van der Waals surface area contributed by atoms with Crippen LogP contribution in [0.15, 0.2) is 30.5 Å². The van der Waals surface area contributed by atoms with Crippen LogP contribution in [-0.4, -0.2) is 36.5 Å². The first-order valence-electron chi connectivity index (χ1n) is 8.74. The van der Waals surface area contributed by atoms with Crippen LogP contribution in [0.4, 0.5) is 10.1 Å². The fourth-order valence-electron chi connectivity index (χ4n) is 2.86. The van der Waals surface area contributed by atoms with E-state index in [1.165, 1.54) is 29.1 Å². The third kappa shape index (κ3) is 4.29. The van der Waals surface area contributed by atoms with Crippen molar-refractivity contribution in [2.24, 2.45) is 0 Å². The van der Waals surface area contributed by atoms with Gasteiger partial charge in [0.1, 0.15) is 11.9 Å². The number of rotatable bonds is 6. The van der Waals surface area contributed by atoms with Crippen LogP contribution in [0.2, 0.25) is 5.02 Å². The molecule has 3 aromatic rings. The average molecular weight is 420 g/mol. The number of carboxylic acids is 1. The zero-order valence-electron chi connectivity index (χ0n) is 16.0. The van der Waals surface area contributed by atoms with Gasteiger partial charge in [0.05, 0.1) is 23.6 Å².